The van der Waals surface area contributed by atoms with Crippen molar-refractivity contribution in [1.29, 1.82) is 5.26 Å². The Bertz CT molecular complexity index is 654. The zero-order valence-corrected chi connectivity index (χ0v) is 10.5. The molecule has 8 nitrogen and oxygen atoms in total. The predicted molar refractivity (Wildman–Crippen MR) is 66.6 cm³/mol. The molecular formula is C10H9N7OS. The van der Waals surface area contributed by atoms with Gasteiger partial charge in [0, 0.05) is 11.4 Å². The molecular weight excluding hydrogens is 266 g/mol. The minimum atomic E-state index is -0.475. The van der Waals surface area contributed by atoms with Crippen LogP contribution in [-0.4, -0.2) is 33.1 Å². The lowest BCUT2D eigenvalue weighted by Crippen LogP contribution is -2.22. The average Bonchev–Trinajstić information content (AvgIpc) is 3.05. The summed E-state index contributed by atoms with van der Waals surface area (Å²) in [5.74, 6) is -0.523. The highest BCUT2D eigenvalue weighted by molar-refractivity contribution is 7.16. The maximum atomic E-state index is 11.8. The number of H-pyrrole nitrogens is 1. The van der Waals surface area contributed by atoms with Gasteiger partial charge in [0.05, 0.1) is 5.56 Å². The van der Waals surface area contributed by atoms with Crippen molar-refractivity contribution < 1.29 is 4.79 Å². The molecule has 0 aromatic carbocycles. The molecule has 0 saturated carbocycles. The van der Waals surface area contributed by atoms with Crippen molar-refractivity contribution in [1.82, 2.24) is 25.9 Å². The van der Waals surface area contributed by atoms with E-state index in [1.165, 1.54) is 11.3 Å². The fraction of sp³-hybridized carbons (Fsp3) is 0.300. The number of tetrazole rings is 1. The number of rotatable bonds is 2. The number of hydrogen-bond donors (Lipinski definition) is 3. The summed E-state index contributed by atoms with van der Waals surface area (Å²) in [7, 11) is 0. The molecule has 0 aliphatic carbocycles. The number of carbonyl (C=O) groups excluding carboxylic acids is 1. The van der Waals surface area contributed by atoms with Crippen LogP contribution in [0, 0.1) is 11.3 Å². The lowest BCUT2D eigenvalue weighted by atomic mass is 10.1. The molecule has 1 amide bonds. The molecule has 3 N–H and O–H groups in total. The largest absolute Gasteiger partial charge is 0.312 e. The summed E-state index contributed by atoms with van der Waals surface area (Å²) in [4.78, 5) is 12.9. The number of nitrogens with one attached hydrogen (secondary N) is 3. The van der Waals surface area contributed by atoms with Gasteiger partial charge in [0.25, 0.3) is 11.7 Å². The minimum absolute atomic E-state index is 0.0478. The predicted octanol–water partition coefficient (Wildman–Crippen LogP) is 0.0309. The molecule has 19 heavy (non-hydrogen) atoms. The van der Waals surface area contributed by atoms with E-state index in [0.717, 1.165) is 30.0 Å². The number of thiophene rings is 1. The lowest BCUT2D eigenvalue weighted by Gasteiger charge is -2.11. The first-order chi connectivity index (χ1) is 9.29. The second-order valence-electron chi connectivity index (χ2n) is 3.94. The number of amides is 1. The number of aromatic nitrogens is 4. The van der Waals surface area contributed by atoms with Crippen LogP contribution in [0.5, 0.6) is 0 Å². The van der Waals surface area contributed by atoms with Crippen LogP contribution < -0.4 is 10.6 Å². The van der Waals surface area contributed by atoms with Gasteiger partial charge in [0.15, 0.2) is 0 Å². The van der Waals surface area contributed by atoms with E-state index in [1.54, 1.807) is 0 Å². The molecule has 3 heterocycles. The van der Waals surface area contributed by atoms with Crippen molar-refractivity contribution in [2.24, 2.45) is 0 Å². The second kappa shape index (κ2) is 4.75. The van der Waals surface area contributed by atoms with Crippen molar-refractivity contribution in [2.45, 2.75) is 13.0 Å². The lowest BCUT2D eigenvalue weighted by molar-refractivity contribution is 0.101. The first-order valence-electron chi connectivity index (χ1n) is 5.59. The first kappa shape index (κ1) is 11.8. The van der Waals surface area contributed by atoms with Gasteiger partial charge in [-0.1, -0.05) is 0 Å². The van der Waals surface area contributed by atoms with E-state index in [0.29, 0.717) is 10.6 Å². The normalized spacial score (nSPS) is 13.6. The van der Waals surface area contributed by atoms with Gasteiger partial charge in [0.2, 0.25) is 0 Å². The van der Waals surface area contributed by atoms with E-state index >= 15 is 0 Å². The topological polar surface area (TPSA) is 119 Å². The van der Waals surface area contributed by atoms with Gasteiger partial charge in [0.1, 0.15) is 11.1 Å². The molecule has 0 bridgehead atoms. The summed E-state index contributed by atoms with van der Waals surface area (Å²) in [5.41, 5.74) is 1.56. The van der Waals surface area contributed by atoms with Gasteiger partial charge in [-0.25, -0.2) is 0 Å². The van der Waals surface area contributed by atoms with Crippen molar-refractivity contribution in [2.75, 3.05) is 11.9 Å². The van der Waals surface area contributed by atoms with Crippen LogP contribution in [0.2, 0.25) is 0 Å². The van der Waals surface area contributed by atoms with Gasteiger partial charge in [-0.2, -0.15) is 10.5 Å². The van der Waals surface area contributed by atoms with Crippen LogP contribution in [0.3, 0.4) is 0 Å². The van der Waals surface area contributed by atoms with E-state index in [2.05, 4.69) is 37.3 Å². The van der Waals surface area contributed by atoms with Crippen LogP contribution in [0.1, 0.15) is 26.6 Å². The molecule has 0 atom stereocenters. The third-order valence-electron chi connectivity index (χ3n) is 2.82. The van der Waals surface area contributed by atoms with Crippen molar-refractivity contribution in [3.63, 3.8) is 0 Å². The fourth-order valence-corrected chi connectivity index (χ4v) is 3.12. The smallest absolute Gasteiger partial charge is 0.297 e. The minimum Gasteiger partial charge on any atom is -0.312 e. The summed E-state index contributed by atoms with van der Waals surface area (Å²) < 4.78 is 0. The SMILES string of the molecule is N#Cc1c(NC(=O)c2nn[nH]n2)sc2c1CCNC2. The summed E-state index contributed by atoms with van der Waals surface area (Å²) in [6.45, 7) is 1.57. The van der Waals surface area contributed by atoms with Crippen molar-refractivity contribution in [3.8, 4) is 6.07 Å². The Balaban J connectivity index is 1.91. The van der Waals surface area contributed by atoms with E-state index in [-0.39, 0.29) is 5.82 Å². The van der Waals surface area contributed by atoms with Crippen molar-refractivity contribution >= 4 is 22.2 Å². The number of nitriles is 1. The van der Waals surface area contributed by atoms with E-state index in [1.807, 2.05) is 0 Å². The molecule has 0 radical (unpaired) electrons. The Kier molecular flexibility index (Phi) is 2.94. The maximum Gasteiger partial charge on any atom is 0.297 e. The number of nitrogens with zero attached hydrogens (tertiary/aromatic N) is 4. The number of fused-ring (bicyclic) bond motifs is 1. The molecule has 2 aromatic heterocycles. The fourth-order valence-electron chi connectivity index (χ4n) is 1.96. The van der Waals surface area contributed by atoms with Gasteiger partial charge in [-0.15, -0.1) is 21.5 Å². The van der Waals surface area contributed by atoms with Gasteiger partial charge in [-0.3, -0.25) is 4.79 Å². The molecule has 1 aliphatic rings. The van der Waals surface area contributed by atoms with Crippen LogP contribution in [-0.2, 0) is 13.0 Å². The van der Waals surface area contributed by atoms with Gasteiger partial charge >= 0.3 is 0 Å². The number of carbonyl (C=O) groups is 1. The molecule has 0 fully saturated rings. The summed E-state index contributed by atoms with van der Waals surface area (Å²) in [6, 6.07) is 2.16. The Hall–Kier alpha value is -2.31. The van der Waals surface area contributed by atoms with Crippen LogP contribution in [0.4, 0.5) is 5.00 Å². The average molecular weight is 275 g/mol. The Morgan fingerprint density at radius 1 is 1.53 bits per heavy atom. The second-order valence-corrected chi connectivity index (χ2v) is 5.04. The first-order valence-corrected chi connectivity index (χ1v) is 6.41. The third kappa shape index (κ3) is 2.07. The standard InChI is InChI=1S/C10H9N7OS/c11-3-6-5-1-2-12-4-7(5)19-10(6)13-9(18)8-14-16-17-15-8/h12H,1-2,4H2,(H,13,18)(H,14,15,16,17). The quantitative estimate of drug-likeness (QED) is 0.711. The summed E-state index contributed by atoms with van der Waals surface area (Å²) in [5, 5.41) is 28.4. The van der Waals surface area contributed by atoms with Gasteiger partial charge < -0.3 is 10.6 Å². The molecule has 3 rings (SSSR count). The molecule has 2 aromatic rings. The van der Waals surface area contributed by atoms with E-state index in [4.69, 9.17) is 0 Å². The highest BCUT2D eigenvalue weighted by Gasteiger charge is 2.22. The number of anilines is 1. The zero-order valence-electron chi connectivity index (χ0n) is 9.73. The third-order valence-corrected chi connectivity index (χ3v) is 3.96. The van der Waals surface area contributed by atoms with E-state index in [9.17, 15) is 10.1 Å². The Morgan fingerprint density at radius 2 is 2.42 bits per heavy atom. The van der Waals surface area contributed by atoms with Crippen molar-refractivity contribution in [3.05, 3.63) is 21.8 Å². The monoisotopic (exact) mass is 275 g/mol. The highest BCUT2D eigenvalue weighted by Crippen LogP contribution is 2.34. The van der Waals surface area contributed by atoms with Crippen LogP contribution >= 0.6 is 11.3 Å². The Labute approximate surface area is 111 Å². The molecule has 0 saturated heterocycles. The summed E-state index contributed by atoms with van der Waals surface area (Å²) >= 11 is 1.41. The molecule has 1 aliphatic heterocycles. The molecule has 0 spiro atoms. The molecule has 9 heteroatoms. The van der Waals surface area contributed by atoms with Crippen LogP contribution in [0.25, 0.3) is 0 Å². The number of hydrogen-bond acceptors (Lipinski definition) is 7. The zero-order chi connectivity index (χ0) is 13.2. The van der Waals surface area contributed by atoms with E-state index < -0.39 is 5.91 Å². The summed E-state index contributed by atoms with van der Waals surface area (Å²) in [6.07, 6.45) is 0.798. The molecule has 0 unspecified atom stereocenters. The Morgan fingerprint density at radius 3 is 3.16 bits per heavy atom. The van der Waals surface area contributed by atoms with Gasteiger partial charge in [-0.05, 0) is 23.7 Å². The highest BCUT2D eigenvalue weighted by atomic mass is 32.1. The maximum absolute atomic E-state index is 11.8. The number of aromatic amines is 1. The molecule has 96 valence electrons. The van der Waals surface area contributed by atoms with Crippen LogP contribution in [0.15, 0.2) is 0 Å².